The van der Waals surface area contributed by atoms with Gasteiger partial charge in [-0.3, -0.25) is 4.72 Å². The average Bonchev–Trinajstić information content (AvgIpc) is 2.81. The van der Waals surface area contributed by atoms with Crippen molar-refractivity contribution < 1.29 is 12.8 Å². The zero-order chi connectivity index (χ0) is 14.2. The third kappa shape index (κ3) is 2.62. The Labute approximate surface area is 114 Å². The zero-order valence-electron chi connectivity index (χ0n) is 10.7. The molecule has 0 aliphatic heterocycles. The van der Waals surface area contributed by atoms with Crippen LogP contribution in [0.1, 0.15) is 22.1 Å². The SMILES string of the molecule is Cc1nnc(NS(=O)(=O)c2c(C)oc(C)c2CN)s1. The molecule has 7 nitrogen and oxygen atoms in total. The van der Waals surface area contributed by atoms with Crippen molar-refractivity contribution in [2.45, 2.75) is 32.2 Å². The Morgan fingerprint density at radius 2 is 1.95 bits per heavy atom. The first-order valence-electron chi connectivity index (χ1n) is 5.47. The van der Waals surface area contributed by atoms with Gasteiger partial charge in [-0.1, -0.05) is 11.3 Å². The number of hydrogen-bond donors (Lipinski definition) is 2. The number of sulfonamides is 1. The fraction of sp³-hybridized carbons (Fsp3) is 0.400. The maximum atomic E-state index is 12.3. The molecule has 0 radical (unpaired) electrons. The molecule has 2 aromatic heterocycles. The van der Waals surface area contributed by atoms with E-state index in [0.29, 0.717) is 22.1 Å². The molecule has 0 unspecified atom stereocenters. The van der Waals surface area contributed by atoms with Crippen molar-refractivity contribution in [2.24, 2.45) is 5.73 Å². The predicted molar refractivity (Wildman–Crippen MR) is 71.5 cm³/mol. The topological polar surface area (TPSA) is 111 Å². The van der Waals surface area contributed by atoms with E-state index in [1.165, 1.54) is 0 Å². The first-order chi connectivity index (χ1) is 8.85. The molecular weight excluding hydrogens is 288 g/mol. The molecule has 0 bridgehead atoms. The number of hydrogen-bond acceptors (Lipinski definition) is 7. The van der Waals surface area contributed by atoms with E-state index >= 15 is 0 Å². The Morgan fingerprint density at radius 3 is 2.47 bits per heavy atom. The Morgan fingerprint density at radius 1 is 1.26 bits per heavy atom. The average molecular weight is 302 g/mol. The largest absolute Gasteiger partial charge is 0.465 e. The molecular formula is C10H14N4O3S2. The summed E-state index contributed by atoms with van der Waals surface area (Å²) in [6, 6.07) is 0. The summed E-state index contributed by atoms with van der Waals surface area (Å²) in [6.07, 6.45) is 0. The number of furan rings is 1. The summed E-state index contributed by atoms with van der Waals surface area (Å²) in [5, 5.41) is 8.39. The lowest BCUT2D eigenvalue weighted by molar-refractivity contribution is 0.494. The van der Waals surface area contributed by atoms with Crippen LogP contribution in [0.25, 0.3) is 0 Å². The van der Waals surface area contributed by atoms with Crippen LogP contribution in [0.5, 0.6) is 0 Å². The Hall–Kier alpha value is -1.45. The van der Waals surface area contributed by atoms with Gasteiger partial charge in [-0.2, -0.15) is 0 Å². The van der Waals surface area contributed by atoms with E-state index in [0.717, 1.165) is 11.3 Å². The molecule has 9 heteroatoms. The fourth-order valence-electron chi connectivity index (χ4n) is 1.80. The monoisotopic (exact) mass is 302 g/mol. The van der Waals surface area contributed by atoms with Gasteiger partial charge >= 0.3 is 0 Å². The highest BCUT2D eigenvalue weighted by Crippen LogP contribution is 2.28. The smallest absolute Gasteiger partial charge is 0.267 e. The minimum atomic E-state index is -3.77. The van der Waals surface area contributed by atoms with E-state index in [-0.39, 0.29) is 16.6 Å². The summed E-state index contributed by atoms with van der Waals surface area (Å²) < 4.78 is 32.4. The van der Waals surface area contributed by atoms with Crippen LogP contribution in [0.2, 0.25) is 0 Å². The van der Waals surface area contributed by atoms with Crippen LogP contribution < -0.4 is 10.5 Å². The van der Waals surface area contributed by atoms with Crippen LogP contribution in [0.3, 0.4) is 0 Å². The van der Waals surface area contributed by atoms with E-state index in [4.69, 9.17) is 10.2 Å². The number of anilines is 1. The van der Waals surface area contributed by atoms with Crippen molar-refractivity contribution in [3.8, 4) is 0 Å². The van der Waals surface area contributed by atoms with Crippen LogP contribution in [0.4, 0.5) is 5.13 Å². The van der Waals surface area contributed by atoms with Crippen molar-refractivity contribution in [3.05, 3.63) is 22.1 Å². The van der Waals surface area contributed by atoms with Gasteiger partial charge in [0.25, 0.3) is 10.0 Å². The number of aryl methyl sites for hydroxylation is 3. The number of nitrogens with two attached hydrogens (primary N) is 1. The van der Waals surface area contributed by atoms with E-state index < -0.39 is 10.0 Å². The van der Waals surface area contributed by atoms with Crippen molar-refractivity contribution in [2.75, 3.05) is 4.72 Å². The molecule has 0 saturated carbocycles. The molecule has 0 amide bonds. The second kappa shape index (κ2) is 4.91. The molecule has 2 aromatic rings. The maximum absolute atomic E-state index is 12.3. The van der Waals surface area contributed by atoms with Crippen molar-refractivity contribution >= 4 is 26.5 Å². The molecule has 3 N–H and O–H groups in total. The summed E-state index contributed by atoms with van der Waals surface area (Å²) >= 11 is 1.16. The first-order valence-corrected chi connectivity index (χ1v) is 7.77. The van der Waals surface area contributed by atoms with Gasteiger partial charge in [0.1, 0.15) is 21.4 Å². The molecule has 0 spiro atoms. The lowest BCUT2D eigenvalue weighted by atomic mass is 10.2. The zero-order valence-corrected chi connectivity index (χ0v) is 12.4. The van der Waals surface area contributed by atoms with Crippen LogP contribution in [0.15, 0.2) is 9.31 Å². The summed E-state index contributed by atoms with van der Waals surface area (Å²) in [5.41, 5.74) is 6.06. The van der Waals surface area contributed by atoms with Crippen molar-refractivity contribution in [1.82, 2.24) is 10.2 Å². The number of rotatable bonds is 4. The summed E-state index contributed by atoms with van der Waals surface area (Å²) in [4.78, 5) is 0.0837. The highest BCUT2D eigenvalue weighted by atomic mass is 32.2. The van der Waals surface area contributed by atoms with Crippen LogP contribution in [-0.2, 0) is 16.6 Å². The normalized spacial score (nSPS) is 11.8. The lowest BCUT2D eigenvalue weighted by Crippen LogP contribution is -2.16. The van der Waals surface area contributed by atoms with Crippen LogP contribution >= 0.6 is 11.3 Å². The summed E-state index contributed by atoms with van der Waals surface area (Å²) in [6.45, 7) is 5.11. The Bertz CT molecular complexity index is 702. The Balaban J connectivity index is 2.45. The summed E-state index contributed by atoms with van der Waals surface area (Å²) in [5.74, 6) is 0.820. The molecule has 104 valence electrons. The molecule has 0 atom stereocenters. The first kappa shape index (κ1) is 14.0. The van der Waals surface area contributed by atoms with Crippen molar-refractivity contribution in [3.63, 3.8) is 0 Å². The second-order valence-corrected chi connectivity index (χ2v) is 6.76. The van der Waals surface area contributed by atoms with Crippen LogP contribution in [-0.4, -0.2) is 18.6 Å². The van der Waals surface area contributed by atoms with Gasteiger partial charge in [-0.05, 0) is 20.8 Å². The van der Waals surface area contributed by atoms with Crippen LogP contribution in [0, 0.1) is 20.8 Å². The molecule has 0 aliphatic rings. The van der Waals surface area contributed by atoms with E-state index in [1.54, 1.807) is 20.8 Å². The number of nitrogens with zero attached hydrogens (tertiary/aromatic N) is 2. The predicted octanol–water partition coefficient (Wildman–Crippen LogP) is 1.32. The van der Waals surface area contributed by atoms with E-state index in [1.807, 2.05) is 0 Å². The molecule has 19 heavy (non-hydrogen) atoms. The quantitative estimate of drug-likeness (QED) is 0.881. The Kier molecular flexibility index (Phi) is 3.61. The van der Waals surface area contributed by atoms with E-state index in [9.17, 15) is 8.42 Å². The van der Waals surface area contributed by atoms with Gasteiger partial charge in [0.15, 0.2) is 0 Å². The molecule has 0 fully saturated rings. The number of nitrogens with one attached hydrogen (secondary N) is 1. The standard InChI is InChI=1S/C10H14N4O3S2/c1-5-8(4-11)9(6(2)17-5)19(15,16)14-10-13-12-7(3)18-10/h4,11H2,1-3H3,(H,13,14). The summed E-state index contributed by atoms with van der Waals surface area (Å²) in [7, 11) is -3.77. The van der Waals surface area contributed by atoms with Gasteiger partial charge in [-0.15, -0.1) is 10.2 Å². The van der Waals surface area contributed by atoms with E-state index in [2.05, 4.69) is 14.9 Å². The van der Waals surface area contributed by atoms with Gasteiger partial charge in [-0.25, -0.2) is 8.42 Å². The molecule has 2 heterocycles. The minimum Gasteiger partial charge on any atom is -0.465 e. The molecule has 2 rings (SSSR count). The molecule has 0 aromatic carbocycles. The fourth-order valence-corrected chi connectivity index (χ4v) is 4.08. The maximum Gasteiger partial charge on any atom is 0.267 e. The van der Waals surface area contributed by atoms with Gasteiger partial charge in [0, 0.05) is 12.1 Å². The lowest BCUT2D eigenvalue weighted by Gasteiger charge is -2.05. The number of aromatic nitrogens is 2. The molecule has 0 aliphatic carbocycles. The third-order valence-corrected chi connectivity index (χ3v) is 4.96. The molecule has 0 saturated heterocycles. The van der Waals surface area contributed by atoms with Gasteiger partial charge in [0.2, 0.25) is 5.13 Å². The second-order valence-electron chi connectivity index (χ2n) is 3.96. The minimum absolute atomic E-state index is 0.0837. The van der Waals surface area contributed by atoms with Crippen molar-refractivity contribution in [1.29, 1.82) is 0 Å². The van der Waals surface area contributed by atoms with Gasteiger partial charge < -0.3 is 10.2 Å². The highest BCUT2D eigenvalue weighted by molar-refractivity contribution is 7.93. The third-order valence-electron chi connectivity index (χ3n) is 2.55. The highest BCUT2D eigenvalue weighted by Gasteiger charge is 2.27. The van der Waals surface area contributed by atoms with Gasteiger partial charge in [0.05, 0.1) is 0 Å².